The fourth-order valence-electron chi connectivity index (χ4n) is 2.19. The Morgan fingerprint density at radius 3 is 2.38 bits per heavy atom. The lowest BCUT2D eigenvalue weighted by atomic mass is 9.98. The van der Waals surface area contributed by atoms with Crippen LogP contribution in [-0.4, -0.2) is 36.1 Å². The monoisotopic (exact) mass is 299 g/mol. The van der Waals surface area contributed by atoms with Crippen LogP contribution in [0.1, 0.15) is 59.3 Å². The van der Waals surface area contributed by atoms with Gasteiger partial charge in [-0.1, -0.05) is 6.42 Å². The van der Waals surface area contributed by atoms with E-state index in [0.29, 0.717) is 6.29 Å². The van der Waals surface area contributed by atoms with Gasteiger partial charge >= 0.3 is 12.1 Å². The summed E-state index contributed by atoms with van der Waals surface area (Å²) < 4.78 is 10.4. The van der Waals surface area contributed by atoms with Gasteiger partial charge in [0.1, 0.15) is 18.0 Å². The second-order valence-corrected chi connectivity index (χ2v) is 6.34. The Balaban J connectivity index is 2.36. The maximum Gasteiger partial charge on any atom is 0.408 e. The Kier molecular flexibility index (Phi) is 6.65. The molecule has 0 bridgehead atoms. The Hall–Kier alpha value is -1.59. The van der Waals surface area contributed by atoms with Crippen molar-refractivity contribution in [1.29, 1.82) is 0 Å². The summed E-state index contributed by atoms with van der Waals surface area (Å²) in [6.45, 7) is 5.17. The molecule has 1 N–H and O–H groups in total. The molecule has 1 aliphatic rings. The van der Waals surface area contributed by atoms with E-state index >= 15 is 0 Å². The van der Waals surface area contributed by atoms with Crippen molar-refractivity contribution in [3.05, 3.63) is 0 Å². The SMILES string of the molecule is CC(C)(C)OC(=O)NC(C=O)CC(=O)OC1CCCCC1. The van der Waals surface area contributed by atoms with Gasteiger partial charge in [0.25, 0.3) is 0 Å². The molecule has 0 saturated heterocycles. The first-order chi connectivity index (χ1) is 9.80. The van der Waals surface area contributed by atoms with Crippen LogP contribution in [0.4, 0.5) is 4.79 Å². The van der Waals surface area contributed by atoms with Gasteiger partial charge in [0.05, 0.1) is 12.5 Å². The first-order valence-corrected chi connectivity index (χ1v) is 7.44. The van der Waals surface area contributed by atoms with Gasteiger partial charge < -0.3 is 19.6 Å². The molecule has 6 nitrogen and oxygen atoms in total. The normalized spacial score (nSPS) is 17.7. The average molecular weight is 299 g/mol. The number of carbonyl (C=O) groups excluding carboxylic acids is 3. The molecule has 0 spiro atoms. The predicted molar refractivity (Wildman–Crippen MR) is 76.8 cm³/mol. The maximum absolute atomic E-state index is 11.8. The molecule has 1 atom stereocenters. The van der Waals surface area contributed by atoms with Crippen molar-refractivity contribution >= 4 is 18.3 Å². The molecule has 1 fully saturated rings. The van der Waals surface area contributed by atoms with Crippen LogP contribution in [0.2, 0.25) is 0 Å². The molecule has 120 valence electrons. The standard InChI is InChI=1S/C15H25NO5/c1-15(2,3)21-14(19)16-11(10-17)9-13(18)20-12-7-5-4-6-8-12/h10-12H,4-9H2,1-3H3,(H,16,19). The number of aldehydes is 1. The molecule has 6 heteroatoms. The molecule has 1 saturated carbocycles. The highest BCUT2D eigenvalue weighted by molar-refractivity contribution is 5.79. The quantitative estimate of drug-likeness (QED) is 0.622. The minimum atomic E-state index is -0.920. The lowest BCUT2D eigenvalue weighted by molar-refractivity contribution is -0.151. The molecule has 0 aromatic carbocycles. The zero-order valence-corrected chi connectivity index (χ0v) is 13.0. The molecule has 1 aliphatic carbocycles. The Morgan fingerprint density at radius 1 is 1.24 bits per heavy atom. The van der Waals surface area contributed by atoms with Crippen molar-refractivity contribution in [3.8, 4) is 0 Å². The number of rotatable bonds is 5. The van der Waals surface area contributed by atoms with Gasteiger partial charge in [0, 0.05) is 0 Å². The van der Waals surface area contributed by atoms with E-state index in [2.05, 4.69) is 5.32 Å². The number of nitrogens with one attached hydrogen (secondary N) is 1. The lowest BCUT2D eigenvalue weighted by Crippen LogP contribution is -2.41. The Bertz CT molecular complexity index is 369. The van der Waals surface area contributed by atoms with Crippen molar-refractivity contribution in [2.24, 2.45) is 0 Å². The predicted octanol–water partition coefficient (Wildman–Crippen LogP) is 2.34. The van der Waals surface area contributed by atoms with Crippen LogP contribution in [0.25, 0.3) is 0 Å². The fourth-order valence-corrected chi connectivity index (χ4v) is 2.19. The third-order valence-electron chi connectivity index (χ3n) is 3.10. The van der Waals surface area contributed by atoms with E-state index in [0.717, 1.165) is 25.7 Å². The van der Waals surface area contributed by atoms with Crippen LogP contribution < -0.4 is 5.32 Å². The maximum atomic E-state index is 11.8. The summed E-state index contributed by atoms with van der Waals surface area (Å²) in [7, 11) is 0. The molecular weight excluding hydrogens is 274 g/mol. The van der Waals surface area contributed by atoms with Gasteiger partial charge in [0.2, 0.25) is 0 Å². The first kappa shape index (κ1) is 17.5. The van der Waals surface area contributed by atoms with Crippen molar-refractivity contribution in [2.75, 3.05) is 0 Å². The summed E-state index contributed by atoms with van der Waals surface area (Å²) in [5.74, 6) is -0.463. The molecule has 0 radical (unpaired) electrons. The minimum absolute atomic E-state index is 0.0555. The lowest BCUT2D eigenvalue weighted by Gasteiger charge is -2.23. The van der Waals surface area contributed by atoms with Crippen LogP contribution in [0, 0.1) is 0 Å². The molecule has 1 amide bonds. The second kappa shape index (κ2) is 8.00. The topological polar surface area (TPSA) is 81.7 Å². The van der Waals surface area contributed by atoms with Crippen LogP contribution in [-0.2, 0) is 19.1 Å². The van der Waals surface area contributed by atoms with Crippen LogP contribution in [0.15, 0.2) is 0 Å². The largest absolute Gasteiger partial charge is 0.462 e. The summed E-state index contributed by atoms with van der Waals surface area (Å²) in [5, 5.41) is 2.36. The van der Waals surface area contributed by atoms with Crippen molar-refractivity contribution in [2.45, 2.75) is 77.0 Å². The van der Waals surface area contributed by atoms with Crippen LogP contribution in [0.3, 0.4) is 0 Å². The summed E-state index contributed by atoms with van der Waals surface area (Å²) in [6, 6.07) is -0.920. The number of alkyl carbamates (subject to hydrolysis) is 1. The van der Waals surface area contributed by atoms with Gasteiger partial charge in [-0.3, -0.25) is 4.79 Å². The molecule has 1 unspecified atom stereocenters. The van der Waals surface area contributed by atoms with Crippen molar-refractivity contribution in [1.82, 2.24) is 5.32 Å². The zero-order valence-electron chi connectivity index (χ0n) is 13.0. The zero-order chi connectivity index (χ0) is 15.9. The van der Waals surface area contributed by atoms with Crippen LogP contribution in [0.5, 0.6) is 0 Å². The molecule has 1 rings (SSSR count). The van der Waals surface area contributed by atoms with E-state index < -0.39 is 23.7 Å². The number of ether oxygens (including phenoxy) is 2. The van der Waals surface area contributed by atoms with E-state index in [4.69, 9.17) is 9.47 Å². The highest BCUT2D eigenvalue weighted by Crippen LogP contribution is 2.20. The van der Waals surface area contributed by atoms with Gasteiger partial charge in [-0.2, -0.15) is 0 Å². The van der Waals surface area contributed by atoms with Crippen LogP contribution >= 0.6 is 0 Å². The van der Waals surface area contributed by atoms with Crippen molar-refractivity contribution < 1.29 is 23.9 Å². The molecule has 0 aromatic heterocycles. The van der Waals surface area contributed by atoms with E-state index in [9.17, 15) is 14.4 Å². The third kappa shape index (κ3) is 7.68. The summed E-state index contributed by atoms with van der Waals surface area (Å²) in [4.78, 5) is 34.3. The van der Waals surface area contributed by atoms with E-state index in [1.54, 1.807) is 20.8 Å². The van der Waals surface area contributed by atoms with Gasteiger partial charge in [-0.25, -0.2) is 4.79 Å². The number of amides is 1. The van der Waals surface area contributed by atoms with Gasteiger partial charge in [-0.15, -0.1) is 0 Å². The average Bonchev–Trinajstić information content (AvgIpc) is 2.36. The molecule has 0 aliphatic heterocycles. The van der Waals surface area contributed by atoms with E-state index in [-0.39, 0.29) is 12.5 Å². The number of esters is 1. The van der Waals surface area contributed by atoms with E-state index in [1.165, 1.54) is 6.42 Å². The van der Waals surface area contributed by atoms with Gasteiger partial charge in [-0.05, 0) is 46.5 Å². The highest BCUT2D eigenvalue weighted by Gasteiger charge is 2.23. The number of hydrogen-bond donors (Lipinski definition) is 1. The Morgan fingerprint density at radius 2 is 1.86 bits per heavy atom. The number of carbonyl (C=O) groups is 3. The first-order valence-electron chi connectivity index (χ1n) is 7.44. The minimum Gasteiger partial charge on any atom is -0.462 e. The molecule has 0 aromatic rings. The number of hydrogen-bond acceptors (Lipinski definition) is 5. The second-order valence-electron chi connectivity index (χ2n) is 6.34. The summed E-state index contributed by atoms with van der Waals surface area (Å²) >= 11 is 0. The highest BCUT2D eigenvalue weighted by atomic mass is 16.6. The molecule has 21 heavy (non-hydrogen) atoms. The smallest absolute Gasteiger partial charge is 0.408 e. The molecular formula is C15H25NO5. The van der Waals surface area contributed by atoms with Crippen molar-refractivity contribution in [3.63, 3.8) is 0 Å². The fraction of sp³-hybridized carbons (Fsp3) is 0.800. The molecule has 0 heterocycles. The summed E-state index contributed by atoms with van der Waals surface area (Å²) in [6.07, 6.45) is 4.62. The third-order valence-corrected chi connectivity index (χ3v) is 3.10. The van der Waals surface area contributed by atoms with E-state index in [1.807, 2.05) is 0 Å². The Labute approximate surface area is 125 Å². The van der Waals surface area contributed by atoms with Gasteiger partial charge in [0.15, 0.2) is 0 Å². The summed E-state index contributed by atoms with van der Waals surface area (Å²) in [5.41, 5.74) is -0.653.